The zero-order chi connectivity index (χ0) is 43.5. The van der Waals surface area contributed by atoms with Crippen LogP contribution >= 0.6 is 44.3 Å². The number of carbonyl (C=O) groups is 2. The fourth-order valence-electron chi connectivity index (χ4n) is 4.32. The van der Waals surface area contributed by atoms with Gasteiger partial charge in [-0.15, -0.1) is 12.4 Å². The summed E-state index contributed by atoms with van der Waals surface area (Å²) in [7, 11) is -2.30. The van der Waals surface area contributed by atoms with E-state index in [1.54, 1.807) is 41.6 Å². The van der Waals surface area contributed by atoms with Crippen molar-refractivity contribution in [3.8, 4) is 12.1 Å². The predicted octanol–water partition coefficient (Wildman–Crippen LogP) is 8.68. The lowest BCUT2D eigenvalue weighted by Crippen LogP contribution is -2.42. The van der Waals surface area contributed by atoms with Crippen LogP contribution in [0.25, 0.3) is 22.3 Å². The molecule has 4 aromatic heterocycles. The first kappa shape index (κ1) is 52.7. The number of nitrogens with two attached hydrogens (primary N) is 1. The number of nitriles is 2. The molecule has 0 fully saturated rings. The van der Waals surface area contributed by atoms with Crippen LogP contribution in [0.2, 0.25) is 51.4 Å². The molecular weight excluding hydrogens is 928 g/mol. The highest BCUT2D eigenvalue weighted by atomic mass is 79.9. The van der Waals surface area contributed by atoms with Crippen molar-refractivity contribution in [3.05, 3.63) is 45.1 Å². The minimum atomic E-state index is -1.17. The summed E-state index contributed by atoms with van der Waals surface area (Å²) in [5, 5.41) is 29.9. The van der Waals surface area contributed by atoms with Crippen LogP contribution in [0.1, 0.15) is 62.3 Å². The number of halogens is 3. The highest BCUT2D eigenvalue weighted by Crippen LogP contribution is 2.24. The van der Waals surface area contributed by atoms with E-state index in [9.17, 15) is 20.0 Å². The Hall–Kier alpha value is -3.28. The zero-order valence-electron chi connectivity index (χ0n) is 35.6. The Morgan fingerprint density at radius 2 is 1.22 bits per heavy atom. The molecule has 0 aliphatic carbocycles. The van der Waals surface area contributed by atoms with Crippen molar-refractivity contribution in [2.45, 2.75) is 118 Å². The predicted molar refractivity (Wildman–Crippen MR) is 242 cm³/mol. The first-order valence-electron chi connectivity index (χ1n) is 18.5. The van der Waals surface area contributed by atoms with E-state index in [2.05, 4.69) is 109 Å². The largest absolute Gasteiger partial charge is 0.478 e. The van der Waals surface area contributed by atoms with Crippen molar-refractivity contribution < 1.29 is 24.2 Å². The Kier molecular flexibility index (Phi) is 20.3. The maximum Gasteiger partial charge on any atom is 0.339 e. The van der Waals surface area contributed by atoms with Gasteiger partial charge in [0, 0.05) is 53.8 Å². The molecule has 0 bridgehead atoms. The lowest BCUT2D eigenvalue weighted by molar-refractivity contribution is 0.0695. The lowest BCUT2D eigenvalue weighted by Gasteiger charge is -2.25. The Bertz CT molecular complexity index is 2080. The van der Waals surface area contributed by atoms with Crippen LogP contribution in [0.3, 0.4) is 0 Å². The molecule has 2 atom stereocenters. The minimum Gasteiger partial charge on any atom is -0.478 e. The van der Waals surface area contributed by atoms with Gasteiger partial charge in [-0.3, -0.25) is 4.79 Å². The highest BCUT2D eigenvalue weighted by molar-refractivity contribution is 9.10. The summed E-state index contributed by atoms with van der Waals surface area (Å²) in [6.07, 6.45) is 6.39. The van der Waals surface area contributed by atoms with E-state index in [1.807, 2.05) is 27.7 Å². The zero-order valence-corrected chi connectivity index (χ0v) is 41.6. The van der Waals surface area contributed by atoms with Gasteiger partial charge >= 0.3 is 5.97 Å². The molecule has 0 aromatic carbocycles. The molecule has 0 spiro atoms. The molecule has 320 valence electrons. The molecule has 0 unspecified atom stereocenters. The van der Waals surface area contributed by atoms with Crippen molar-refractivity contribution in [2.24, 2.45) is 16.6 Å². The van der Waals surface area contributed by atoms with E-state index in [0.29, 0.717) is 57.0 Å². The highest BCUT2D eigenvalue weighted by Gasteiger charge is 2.29. The summed E-state index contributed by atoms with van der Waals surface area (Å²) in [5.41, 5.74) is 6.93. The van der Waals surface area contributed by atoms with Crippen LogP contribution in [0.5, 0.6) is 0 Å². The Balaban J connectivity index is 0.000000493. The average Bonchev–Trinajstić information content (AvgIpc) is 3.65. The van der Waals surface area contributed by atoms with Gasteiger partial charge < -0.3 is 34.8 Å². The third kappa shape index (κ3) is 16.4. The maximum absolute atomic E-state index is 12.9. The number of aromatic nitrogens is 6. The third-order valence-electron chi connectivity index (χ3n) is 9.15. The molecule has 4 heterocycles. The van der Waals surface area contributed by atoms with Crippen molar-refractivity contribution in [1.82, 2.24) is 34.4 Å². The molecule has 1 amide bonds. The number of carboxylic acids is 1. The second-order valence-electron chi connectivity index (χ2n) is 17.4. The van der Waals surface area contributed by atoms with Gasteiger partial charge in [0.25, 0.3) is 5.91 Å². The molecule has 58 heavy (non-hydrogen) atoms. The number of fused-ring (bicyclic) bond motifs is 2. The van der Waals surface area contributed by atoms with E-state index in [1.165, 1.54) is 6.20 Å². The van der Waals surface area contributed by atoms with E-state index < -0.39 is 27.5 Å². The smallest absolute Gasteiger partial charge is 0.339 e. The Morgan fingerprint density at radius 3 is 1.57 bits per heavy atom. The molecule has 4 aromatic rings. The first-order valence-corrected chi connectivity index (χ1v) is 27.5. The Morgan fingerprint density at radius 1 is 0.828 bits per heavy atom. The minimum absolute atomic E-state index is 0. The van der Waals surface area contributed by atoms with Gasteiger partial charge in [0.15, 0.2) is 11.3 Å². The monoisotopic (exact) mass is 984 g/mol. The van der Waals surface area contributed by atoms with Gasteiger partial charge in [0.1, 0.15) is 39.3 Å². The molecule has 0 saturated heterocycles. The van der Waals surface area contributed by atoms with Gasteiger partial charge in [-0.25, -0.2) is 24.7 Å². The van der Waals surface area contributed by atoms with Crippen molar-refractivity contribution in [3.63, 3.8) is 0 Å². The van der Waals surface area contributed by atoms with Gasteiger partial charge in [0.05, 0.1) is 40.9 Å². The topological polar surface area (TPSA) is 220 Å². The summed E-state index contributed by atoms with van der Waals surface area (Å²) in [6, 6.07) is 6.10. The quantitative estimate of drug-likeness (QED) is 0.0753. The molecule has 20 heteroatoms. The van der Waals surface area contributed by atoms with Crippen LogP contribution in [-0.4, -0.2) is 87.5 Å². The van der Waals surface area contributed by atoms with Gasteiger partial charge in [-0.05, 0) is 85.5 Å². The molecule has 4 N–H and O–H groups in total. The van der Waals surface area contributed by atoms with Crippen LogP contribution in [0.4, 0.5) is 0 Å². The molecule has 15 nitrogen and oxygen atoms in total. The van der Waals surface area contributed by atoms with E-state index in [4.69, 9.17) is 20.5 Å². The van der Waals surface area contributed by atoms with Gasteiger partial charge in [0.2, 0.25) is 0 Å². The van der Waals surface area contributed by atoms with Crippen molar-refractivity contribution in [1.29, 1.82) is 10.5 Å². The van der Waals surface area contributed by atoms with Crippen molar-refractivity contribution >= 4 is 94.6 Å². The van der Waals surface area contributed by atoms with E-state index in [0.717, 1.165) is 12.1 Å². The Labute approximate surface area is 367 Å². The summed E-state index contributed by atoms with van der Waals surface area (Å²) in [6.45, 7) is 26.6. The average molecular weight is 987 g/mol. The summed E-state index contributed by atoms with van der Waals surface area (Å²) in [4.78, 5) is 41.4. The lowest BCUT2D eigenvalue weighted by atomic mass is 9.87. The normalized spacial score (nSPS) is 12.8. The molecule has 0 aliphatic heterocycles. The molecule has 0 aliphatic rings. The summed E-state index contributed by atoms with van der Waals surface area (Å²) < 4.78 is 16.0. The van der Waals surface area contributed by atoms with Gasteiger partial charge in [-0.2, -0.15) is 10.5 Å². The van der Waals surface area contributed by atoms with Crippen LogP contribution in [0, 0.1) is 33.5 Å². The molecular formula is C38H59Br2ClN10O5Si2. The third-order valence-corrected chi connectivity index (χ3v) is 13.3. The summed E-state index contributed by atoms with van der Waals surface area (Å²) in [5.74, 6) is -1.30. The van der Waals surface area contributed by atoms with Crippen molar-refractivity contribution in [2.75, 3.05) is 13.2 Å². The summed E-state index contributed by atoms with van der Waals surface area (Å²) >= 11 is 6.53. The number of nitrogens with zero attached hydrogens (tertiary/aromatic N) is 8. The number of rotatable bonds is 15. The van der Waals surface area contributed by atoms with Crippen LogP contribution in [-0.2, 0) is 22.9 Å². The van der Waals surface area contributed by atoms with Crippen LogP contribution in [0.15, 0.2) is 34.0 Å². The second-order valence-corrected chi connectivity index (χ2v) is 30.3. The standard InChI is InChI=1S/C19H28BrN5O2Si.C13H18BrN3O3Si.C6H12N2.ClH/c1-13(19(2,3)11-21)23-18(26)14-10-25(12-27-7-8-28(4,5)6)17-16(14)24-15(20)9-22-17;1-21(2,3)5-4-20-8-17-7-9(13(18)19)11-12(17)15-6-10(14)16-11;1-5(8)6(2,3)4-7;/h9-10,13H,7-8,12H2,1-6H3,(H,23,26);6-7H,4-5,8H2,1-3H3,(H,18,19);5H,8H2,1-3H3;1H/t13-;;5-;/m0.0./s1. The fourth-order valence-corrected chi connectivity index (χ4v) is 6.39. The van der Waals surface area contributed by atoms with Gasteiger partial charge in [-0.1, -0.05) is 39.3 Å². The molecule has 0 saturated carbocycles. The number of hydrogen-bond acceptors (Lipinski definition) is 11. The number of carboxylic acid groups (broad SMARTS) is 1. The van der Waals surface area contributed by atoms with E-state index >= 15 is 0 Å². The number of carbonyl (C=O) groups excluding carboxylic acids is 1. The number of ether oxygens (including phenoxy) is 2. The first-order chi connectivity index (χ1) is 26.2. The fraction of sp³-hybridized carbons (Fsp3) is 0.579. The van der Waals surface area contributed by atoms with E-state index in [-0.39, 0.29) is 48.1 Å². The van der Waals surface area contributed by atoms with Crippen LogP contribution < -0.4 is 11.1 Å². The molecule has 0 radical (unpaired) electrons. The maximum atomic E-state index is 12.9. The molecule has 4 rings (SSSR count). The SMILES string of the molecule is C[C@H](N)C(C)(C)C#N.C[C@H](NC(=O)c1cn(COCC[Si](C)(C)C)c2ncc(Br)nc12)C(C)(C)C#N.C[Si](C)(C)CCOCn1cc(C(=O)O)c2nc(Br)cnc21.Cl. The number of hydrogen-bond donors (Lipinski definition) is 3. The number of amides is 1. The number of aromatic carboxylic acids is 1. The number of nitrogens with one attached hydrogen (secondary N) is 1. The second kappa shape index (κ2) is 22.4.